The summed E-state index contributed by atoms with van der Waals surface area (Å²) in [7, 11) is 0. The van der Waals surface area contributed by atoms with Crippen LogP contribution in [0.5, 0.6) is 0 Å². The summed E-state index contributed by atoms with van der Waals surface area (Å²) in [5, 5.41) is 8.20. The maximum atomic E-state index is 12.4. The third-order valence-corrected chi connectivity index (χ3v) is 5.21. The van der Waals surface area contributed by atoms with Crippen molar-refractivity contribution in [2.24, 2.45) is 5.73 Å². The molecule has 1 amide bonds. The van der Waals surface area contributed by atoms with E-state index in [9.17, 15) is 9.59 Å². The minimum atomic E-state index is -0.560. The highest BCUT2D eigenvalue weighted by molar-refractivity contribution is 7.98. The van der Waals surface area contributed by atoms with Gasteiger partial charge in [0.25, 0.3) is 0 Å². The standard InChI is InChI=1S/C20H17N5O2S/c1-11-2-4-12(5-3-11)19-23-20(25-24-19)28-10-14-9-17(26)15-8-13(18(21)27)6-7-16(15)22-14/h2-9H,10H2,1H3,(H2,21,27)(H,22,26)(H,23,24,25). The van der Waals surface area contributed by atoms with Gasteiger partial charge in [-0.05, 0) is 25.1 Å². The van der Waals surface area contributed by atoms with Gasteiger partial charge in [0.1, 0.15) is 0 Å². The number of primary amides is 1. The number of aromatic amines is 2. The molecule has 0 aliphatic carbocycles. The Bertz CT molecular complexity index is 1230. The molecule has 28 heavy (non-hydrogen) atoms. The van der Waals surface area contributed by atoms with Crippen LogP contribution in [0.15, 0.2) is 58.5 Å². The third kappa shape index (κ3) is 3.67. The highest BCUT2D eigenvalue weighted by Crippen LogP contribution is 2.22. The summed E-state index contributed by atoms with van der Waals surface area (Å²) in [5.74, 6) is 0.650. The van der Waals surface area contributed by atoms with Crippen LogP contribution in [0.25, 0.3) is 22.3 Å². The van der Waals surface area contributed by atoms with Crippen molar-refractivity contribution < 1.29 is 4.79 Å². The van der Waals surface area contributed by atoms with Crippen molar-refractivity contribution in [3.63, 3.8) is 0 Å². The van der Waals surface area contributed by atoms with Crippen molar-refractivity contribution >= 4 is 28.6 Å². The smallest absolute Gasteiger partial charge is 0.248 e. The van der Waals surface area contributed by atoms with E-state index in [1.165, 1.54) is 29.5 Å². The van der Waals surface area contributed by atoms with Gasteiger partial charge in [-0.25, -0.2) is 4.98 Å². The van der Waals surface area contributed by atoms with Crippen molar-refractivity contribution in [2.75, 3.05) is 0 Å². The second-order valence-electron chi connectivity index (χ2n) is 6.40. The maximum absolute atomic E-state index is 12.4. The van der Waals surface area contributed by atoms with E-state index >= 15 is 0 Å². The maximum Gasteiger partial charge on any atom is 0.248 e. The predicted octanol–water partition coefficient (Wildman–Crippen LogP) is 3.01. The molecule has 0 saturated heterocycles. The Labute approximate surface area is 164 Å². The zero-order chi connectivity index (χ0) is 19.7. The van der Waals surface area contributed by atoms with E-state index in [0.717, 1.165) is 11.3 Å². The molecule has 2 heterocycles. The number of aromatic nitrogens is 4. The predicted molar refractivity (Wildman–Crippen MR) is 109 cm³/mol. The first-order chi connectivity index (χ1) is 13.5. The van der Waals surface area contributed by atoms with E-state index in [-0.39, 0.29) is 5.43 Å². The number of thioether (sulfide) groups is 1. The van der Waals surface area contributed by atoms with Crippen LogP contribution in [-0.2, 0) is 5.75 Å². The average Bonchev–Trinajstić information content (AvgIpc) is 3.15. The summed E-state index contributed by atoms with van der Waals surface area (Å²) in [6.45, 7) is 2.03. The number of nitrogens with two attached hydrogens (primary N) is 1. The van der Waals surface area contributed by atoms with Gasteiger partial charge in [0.15, 0.2) is 11.3 Å². The molecule has 0 saturated carbocycles. The third-order valence-electron chi connectivity index (χ3n) is 4.32. The minimum absolute atomic E-state index is 0.164. The van der Waals surface area contributed by atoms with Gasteiger partial charge >= 0.3 is 0 Å². The first kappa shape index (κ1) is 18.0. The fraction of sp³-hybridized carbons (Fsp3) is 0.100. The second-order valence-corrected chi connectivity index (χ2v) is 7.35. The van der Waals surface area contributed by atoms with Crippen LogP contribution in [0, 0.1) is 6.92 Å². The average molecular weight is 391 g/mol. The summed E-state index contributed by atoms with van der Waals surface area (Å²) in [5.41, 5.74) is 8.97. The molecule has 0 unspecified atom stereocenters. The topological polar surface area (TPSA) is 118 Å². The van der Waals surface area contributed by atoms with Gasteiger partial charge in [0.2, 0.25) is 11.1 Å². The van der Waals surface area contributed by atoms with E-state index in [2.05, 4.69) is 20.2 Å². The number of H-pyrrole nitrogens is 2. The highest BCUT2D eigenvalue weighted by atomic mass is 32.2. The molecule has 140 valence electrons. The summed E-state index contributed by atoms with van der Waals surface area (Å²) in [4.78, 5) is 31.4. The van der Waals surface area contributed by atoms with Crippen LogP contribution in [0.3, 0.4) is 0 Å². The number of nitrogens with zero attached hydrogens (tertiary/aromatic N) is 2. The second kappa shape index (κ2) is 7.32. The number of aryl methyl sites for hydroxylation is 1. The molecule has 0 radical (unpaired) electrons. The monoisotopic (exact) mass is 391 g/mol. The molecule has 8 heteroatoms. The molecule has 0 bridgehead atoms. The number of pyridine rings is 1. The van der Waals surface area contributed by atoms with Gasteiger partial charge in [0, 0.05) is 39.5 Å². The summed E-state index contributed by atoms with van der Waals surface area (Å²) in [6.07, 6.45) is 0. The largest absolute Gasteiger partial charge is 0.366 e. The summed E-state index contributed by atoms with van der Waals surface area (Å²) < 4.78 is 0. The molecule has 4 rings (SSSR count). The number of amides is 1. The van der Waals surface area contributed by atoms with Crippen LogP contribution in [-0.4, -0.2) is 26.1 Å². The molecular weight excluding hydrogens is 374 g/mol. The zero-order valence-electron chi connectivity index (χ0n) is 15.0. The van der Waals surface area contributed by atoms with E-state index in [4.69, 9.17) is 5.73 Å². The lowest BCUT2D eigenvalue weighted by Crippen LogP contribution is -2.12. The number of carbonyl (C=O) groups is 1. The summed E-state index contributed by atoms with van der Waals surface area (Å²) in [6, 6.07) is 14.3. The molecule has 0 spiro atoms. The van der Waals surface area contributed by atoms with E-state index in [1.54, 1.807) is 12.1 Å². The number of rotatable bonds is 5. The van der Waals surface area contributed by atoms with Gasteiger partial charge in [0.05, 0.1) is 0 Å². The van der Waals surface area contributed by atoms with Gasteiger partial charge in [-0.3, -0.25) is 14.7 Å². The van der Waals surface area contributed by atoms with Crippen LogP contribution in [0.4, 0.5) is 0 Å². The quantitative estimate of drug-likeness (QED) is 0.452. The van der Waals surface area contributed by atoms with E-state index in [0.29, 0.717) is 33.2 Å². The van der Waals surface area contributed by atoms with Crippen LogP contribution in [0.2, 0.25) is 0 Å². The van der Waals surface area contributed by atoms with Crippen LogP contribution in [0.1, 0.15) is 21.6 Å². The molecule has 7 nitrogen and oxygen atoms in total. The number of hydrogen-bond donors (Lipinski definition) is 3. The molecule has 4 N–H and O–H groups in total. The molecule has 0 aliphatic rings. The van der Waals surface area contributed by atoms with E-state index < -0.39 is 5.91 Å². The first-order valence-electron chi connectivity index (χ1n) is 8.57. The first-order valence-corrected chi connectivity index (χ1v) is 9.56. The van der Waals surface area contributed by atoms with Crippen LogP contribution >= 0.6 is 11.8 Å². The highest BCUT2D eigenvalue weighted by Gasteiger charge is 2.09. The van der Waals surface area contributed by atoms with Crippen LogP contribution < -0.4 is 11.2 Å². The molecule has 0 fully saturated rings. The Morgan fingerprint density at radius 3 is 2.68 bits per heavy atom. The summed E-state index contributed by atoms with van der Waals surface area (Å²) >= 11 is 1.42. The lowest BCUT2D eigenvalue weighted by atomic mass is 10.1. The molecule has 2 aromatic carbocycles. The lowest BCUT2D eigenvalue weighted by Gasteiger charge is -2.04. The Morgan fingerprint density at radius 2 is 1.93 bits per heavy atom. The van der Waals surface area contributed by atoms with Gasteiger partial charge in [-0.1, -0.05) is 41.6 Å². The molecule has 4 aromatic rings. The Morgan fingerprint density at radius 1 is 1.14 bits per heavy atom. The molecular formula is C20H17N5O2S. The number of hydrogen-bond acceptors (Lipinski definition) is 5. The number of benzene rings is 2. The van der Waals surface area contributed by atoms with Crippen molar-refractivity contribution in [2.45, 2.75) is 17.8 Å². The molecule has 0 aliphatic heterocycles. The number of carbonyl (C=O) groups excluding carboxylic acids is 1. The van der Waals surface area contributed by atoms with Crippen molar-refractivity contribution in [1.29, 1.82) is 0 Å². The molecule has 0 atom stereocenters. The van der Waals surface area contributed by atoms with Gasteiger partial charge in [-0.15, -0.1) is 5.10 Å². The van der Waals surface area contributed by atoms with Crippen molar-refractivity contribution in [3.8, 4) is 11.4 Å². The fourth-order valence-electron chi connectivity index (χ4n) is 2.83. The van der Waals surface area contributed by atoms with Crippen molar-refractivity contribution in [1.82, 2.24) is 20.2 Å². The number of nitrogens with one attached hydrogen (secondary N) is 2. The normalized spacial score (nSPS) is 11.0. The number of fused-ring (bicyclic) bond motifs is 1. The SMILES string of the molecule is Cc1ccc(-c2nc(SCc3cc(=O)c4cc(C(N)=O)ccc4[nH]3)n[nH]2)cc1. The van der Waals surface area contributed by atoms with Crippen molar-refractivity contribution in [3.05, 3.63) is 75.6 Å². The Kier molecular flexibility index (Phi) is 4.70. The Hall–Kier alpha value is -3.39. The Balaban J connectivity index is 1.53. The molecule has 2 aromatic heterocycles. The van der Waals surface area contributed by atoms with Gasteiger partial charge in [-0.2, -0.15) is 0 Å². The zero-order valence-corrected chi connectivity index (χ0v) is 15.8. The minimum Gasteiger partial charge on any atom is -0.366 e. The lowest BCUT2D eigenvalue weighted by molar-refractivity contribution is 0.100. The fourth-order valence-corrected chi connectivity index (χ4v) is 3.53. The van der Waals surface area contributed by atoms with Gasteiger partial charge < -0.3 is 10.7 Å². The van der Waals surface area contributed by atoms with E-state index in [1.807, 2.05) is 31.2 Å².